The van der Waals surface area contributed by atoms with Crippen LogP contribution in [-0.4, -0.2) is 23.3 Å². The van der Waals surface area contributed by atoms with Gasteiger partial charge in [-0.15, -0.1) is 11.8 Å². The summed E-state index contributed by atoms with van der Waals surface area (Å²) in [6.45, 7) is 4.68. The van der Waals surface area contributed by atoms with Crippen LogP contribution in [0.5, 0.6) is 0 Å². The molecule has 0 fully saturated rings. The fraction of sp³-hybridized carbons (Fsp3) is 0.333. The van der Waals surface area contributed by atoms with Crippen molar-refractivity contribution < 1.29 is 9.59 Å². The molecule has 2 aromatic rings. The smallest absolute Gasteiger partial charge is 0.267 e. The van der Waals surface area contributed by atoms with E-state index in [4.69, 9.17) is 0 Å². The maximum atomic E-state index is 13.1. The largest absolute Gasteiger partial charge is 0.274 e. The molecule has 1 aliphatic rings. The second-order valence-electron chi connectivity index (χ2n) is 7.17. The van der Waals surface area contributed by atoms with Gasteiger partial charge in [-0.3, -0.25) is 14.5 Å². The molecule has 0 atom stereocenters. The highest BCUT2D eigenvalue weighted by atomic mass is 32.2. The number of imide groups is 1. The highest BCUT2D eigenvalue weighted by Crippen LogP contribution is 2.37. The Hall–Kier alpha value is -2.33. The third kappa shape index (κ3) is 4.74. The highest BCUT2D eigenvalue weighted by Gasteiger charge is 2.38. The van der Waals surface area contributed by atoms with Crippen LogP contribution in [0.2, 0.25) is 0 Å². The lowest BCUT2D eigenvalue weighted by atomic mass is 10.0. The zero-order valence-electron chi connectivity index (χ0n) is 16.6. The summed E-state index contributed by atoms with van der Waals surface area (Å²) in [5.41, 5.74) is 3.66. The van der Waals surface area contributed by atoms with E-state index in [1.54, 1.807) is 0 Å². The Morgan fingerprint density at radius 2 is 1.57 bits per heavy atom. The summed E-state index contributed by atoms with van der Waals surface area (Å²) >= 11 is 1.47. The summed E-state index contributed by atoms with van der Waals surface area (Å²) in [6, 6.07) is 17.9. The number of carbonyl (C=O) groups excluding carboxylic acids is 2. The van der Waals surface area contributed by atoms with Crippen molar-refractivity contribution in [1.29, 1.82) is 0 Å². The van der Waals surface area contributed by atoms with Gasteiger partial charge >= 0.3 is 0 Å². The third-order valence-electron chi connectivity index (χ3n) is 4.93. The number of benzene rings is 2. The van der Waals surface area contributed by atoms with Gasteiger partial charge in [-0.05, 0) is 24.5 Å². The van der Waals surface area contributed by atoms with E-state index < -0.39 is 0 Å². The highest BCUT2D eigenvalue weighted by molar-refractivity contribution is 8.03. The van der Waals surface area contributed by atoms with E-state index in [1.807, 2.05) is 61.5 Å². The van der Waals surface area contributed by atoms with Crippen molar-refractivity contribution in [3.63, 3.8) is 0 Å². The first kappa shape index (κ1) is 20.4. The summed E-state index contributed by atoms with van der Waals surface area (Å²) in [7, 11) is 0. The Bertz CT molecular complexity index is 856. The predicted octanol–water partition coefficient (Wildman–Crippen LogP) is 5.59. The average molecular weight is 394 g/mol. The van der Waals surface area contributed by atoms with Crippen LogP contribution in [-0.2, 0) is 15.3 Å². The molecule has 146 valence electrons. The molecule has 0 spiro atoms. The van der Waals surface area contributed by atoms with Crippen LogP contribution < -0.4 is 0 Å². The third-order valence-corrected chi connectivity index (χ3v) is 6.07. The number of amides is 2. The Morgan fingerprint density at radius 1 is 0.857 bits per heavy atom. The zero-order chi connectivity index (χ0) is 19.9. The normalized spacial score (nSPS) is 14.3. The molecule has 0 aliphatic carbocycles. The fourth-order valence-electron chi connectivity index (χ4n) is 3.29. The van der Waals surface area contributed by atoms with Gasteiger partial charge < -0.3 is 0 Å². The van der Waals surface area contributed by atoms with Crippen LogP contribution >= 0.6 is 11.8 Å². The van der Waals surface area contributed by atoms with E-state index >= 15 is 0 Å². The molecular formula is C24H27NO2S. The fourth-order valence-corrected chi connectivity index (χ4v) is 4.38. The SMILES string of the molecule is CCCCCCN1C(=O)C(SCc2ccccc2)=C(c2ccc(C)cc2)C1=O. The number of unbranched alkanes of at least 4 members (excludes halogenated alkanes) is 3. The summed E-state index contributed by atoms with van der Waals surface area (Å²) < 4.78 is 0. The van der Waals surface area contributed by atoms with Crippen molar-refractivity contribution in [1.82, 2.24) is 4.90 Å². The minimum absolute atomic E-state index is 0.141. The Kier molecular flexibility index (Phi) is 7.10. The maximum absolute atomic E-state index is 13.1. The van der Waals surface area contributed by atoms with Crippen molar-refractivity contribution in [2.45, 2.75) is 45.3 Å². The second kappa shape index (κ2) is 9.74. The van der Waals surface area contributed by atoms with Gasteiger partial charge in [-0.25, -0.2) is 0 Å². The van der Waals surface area contributed by atoms with Gasteiger partial charge in [0.15, 0.2) is 0 Å². The van der Waals surface area contributed by atoms with Gasteiger partial charge in [-0.1, -0.05) is 86.3 Å². The average Bonchev–Trinajstić information content (AvgIpc) is 2.95. The number of hydrogen-bond acceptors (Lipinski definition) is 3. The summed E-state index contributed by atoms with van der Waals surface area (Å²) in [5, 5.41) is 0. The number of rotatable bonds is 9. The molecule has 4 heteroatoms. The van der Waals surface area contributed by atoms with Crippen LogP contribution in [0.1, 0.15) is 49.3 Å². The van der Waals surface area contributed by atoms with Gasteiger partial charge in [0.05, 0.1) is 10.5 Å². The molecule has 2 aromatic carbocycles. The molecular weight excluding hydrogens is 366 g/mol. The summed E-state index contributed by atoms with van der Waals surface area (Å²) in [4.78, 5) is 28.2. The quantitative estimate of drug-likeness (QED) is 0.412. The molecule has 0 radical (unpaired) electrons. The molecule has 2 amide bonds. The molecule has 1 heterocycles. The van der Waals surface area contributed by atoms with Gasteiger partial charge in [0.25, 0.3) is 11.8 Å². The Labute approximate surface area is 171 Å². The van der Waals surface area contributed by atoms with Crippen molar-refractivity contribution in [2.75, 3.05) is 6.54 Å². The van der Waals surface area contributed by atoms with Gasteiger partial charge in [-0.2, -0.15) is 0 Å². The van der Waals surface area contributed by atoms with Crippen LogP contribution in [0.15, 0.2) is 59.5 Å². The van der Waals surface area contributed by atoms with Gasteiger partial charge in [0.1, 0.15) is 0 Å². The lowest BCUT2D eigenvalue weighted by Crippen LogP contribution is -2.32. The minimum Gasteiger partial charge on any atom is -0.274 e. The minimum atomic E-state index is -0.152. The van der Waals surface area contributed by atoms with E-state index in [9.17, 15) is 9.59 Å². The molecule has 0 bridgehead atoms. The molecule has 3 nitrogen and oxygen atoms in total. The number of hydrogen-bond donors (Lipinski definition) is 0. The standard InChI is InChI=1S/C24H27NO2S/c1-3-4-5-9-16-25-23(26)21(20-14-12-18(2)13-15-20)22(24(25)27)28-17-19-10-7-6-8-11-19/h6-8,10-15H,3-5,9,16-17H2,1-2H3. The molecule has 0 N–H and O–H groups in total. The molecule has 28 heavy (non-hydrogen) atoms. The molecule has 0 saturated heterocycles. The Balaban J connectivity index is 1.85. The van der Waals surface area contributed by atoms with Gasteiger partial charge in [0, 0.05) is 12.3 Å². The Morgan fingerprint density at radius 3 is 2.25 bits per heavy atom. The van der Waals surface area contributed by atoms with E-state index in [0.717, 1.165) is 42.4 Å². The lowest BCUT2D eigenvalue weighted by Gasteiger charge is -2.15. The first-order valence-electron chi connectivity index (χ1n) is 9.96. The molecule has 0 saturated carbocycles. The molecule has 0 unspecified atom stereocenters. The van der Waals surface area contributed by atoms with Crippen molar-refractivity contribution >= 4 is 29.1 Å². The maximum Gasteiger partial charge on any atom is 0.267 e. The van der Waals surface area contributed by atoms with Crippen molar-refractivity contribution in [3.05, 3.63) is 76.2 Å². The van der Waals surface area contributed by atoms with Crippen LogP contribution in [0.4, 0.5) is 0 Å². The zero-order valence-corrected chi connectivity index (χ0v) is 17.4. The van der Waals surface area contributed by atoms with Crippen LogP contribution in [0.3, 0.4) is 0 Å². The van der Waals surface area contributed by atoms with Crippen molar-refractivity contribution in [3.8, 4) is 0 Å². The summed E-state index contributed by atoms with van der Waals surface area (Å²) in [5.74, 6) is 0.382. The monoisotopic (exact) mass is 393 g/mol. The number of aryl methyl sites for hydroxylation is 1. The molecule has 3 rings (SSSR count). The number of carbonyl (C=O) groups is 2. The second-order valence-corrected chi connectivity index (χ2v) is 8.15. The first-order chi connectivity index (χ1) is 13.6. The van der Waals surface area contributed by atoms with E-state index in [1.165, 1.54) is 16.7 Å². The van der Waals surface area contributed by atoms with Gasteiger partial charge in [0.2, 0.25) is 0 Å². The topological polar surface area (TPSA) is 37.4 Å². The van der Waals surface area contributed by atoms with E-state index in [0.29, 0.717) is 22.8 Å². The van der Waals surface area contributed by atoms with Crippen LogP contribution in [0.25, 0.3) is 5.57 Å². The van der Waals surface area contributed by atoms with E-state index in [2.05, 4.69) is 6.92 Å². The predicted molar refractivity (Wildman–Crippen MR) is 117 cm³/mol. The molecule has 0 aromatic heterocycles. The van der Waals surface area contributed by atoms with Crippen LogP contribution in [0, 0.1) is 6.92 Å². The lowest BCUT2D eigenvalue weighted by molar-refractivity contribution is -0.136. The van der Waals surface area contributed by atoms with E-state index in [-0.39, 0.29) is 11.8 Å². The van der Waals surface area contributed by atoms with Crippen molar-refractivity contribution in [2.24, 2.45) is 0 Å². The first-order valence-corrected chi connectivity index (χ1v) is 10.9. The number of nitrogens with zero attached hydrogens (tertiary/aromatic N) is 1. The molecule has 1 aliphatic heterocycles. The number of thioether (sulfide) groups is 1. The summed E-state index contributed by atoms with van der Waals surface area (Å²) in [6.07, 6.45) is 4.17.